The number of nitrogens with two attached hydrogens (primary N) is 1. The number of benzene rings is 3. The molecule has 49 heavy (non-hydrogen) atoms. The molecule has 0 radical (unpaired) electrons. The molecule has 16 heteroatoms. The molecule has 0 spiro atoms. The van der Waals surface area contributed by atoms with Crippen LogP contribution in [-0.2, 0) is 28.6 Å². The number of ether oxygens (including phenoxy) is 1. The molecule has 0 aliphatic rings. The van der Waals surface area contributed by atoms with Gasteiger partial charge in [-0.2, -0.15) is 34.6 Å². The summed E-state index contributed by atoms with van der Waals surface area (Å²) >= 11 is 0. The summed E-state index contributed by atoms with van der Waals surface area (Å²) in [6.45, 7) is 3.35. The summed E-state index contributed by atoms with van der Waals surface area (Å²) in [6.07, 6.45) is 0.144. The van der Waals surface area contributed by atoms with Gasteiger partial charge in [-0.1, -0.05) is 50.6 Å². The number of unbranched alkanes of at least 4 members (excludes halogenated alkanes) is 1. The molecule has 1 unspecified atom stereocenters. The molecule has 3 aromatic carbocycles. The van der Waals surface area contributed by atoms with E-state index >= 15 is 0 Å². The van der Waals surface area contributed by atoms with E-state index in [4.69, 9.17) is 15.0 Å². The number of alkyl carbamates (subject to hydrolysis) is 1. The smallest absolute Gasteiger partial charge is 0.453 e. The number of nitrogens with zero attached hydrogens (tertiary/aromatic N) is 1. The van der Waals surface area contributed by atoms with Crippen LogP contribution < -0.4 is 45.9 Å². The quantitative estimate of drug-likeness (QED) is 0.0415. The Balaban J connectivity index is 0.00000833. The minimum atomic E-state index is -4.91. The van der Waals surface area contributed by atoms with Crippen LogP contribution in [0.3, 0.4) is 0 Å². The molecule has 0 saturated carbocycles. The fourth-order valence-electron chi connectivity index (χ4n) is 5.22. The number of sulfonamides is 1. The van der Waals surface area contributed by atoms with Crippen LogP contribution in [0, 0.1) is 12.0 Å². The second-order valence-corrected chi connectivity index (χ2v) is 14.7. The van der Waals surface area contributed by atoms with E-state index in [1.165, 1.54) is 35.7 Å². The second kappa shape index (κ2) is 20.2. The Morgan fingerprint density at radius 3 is 2.22 bits per heavy atom. The van der Waals surface area contributed by atoms with Crippen molar-refractivity contribution < 1.29 is 71.2 Å². The topological polar surface area (TPSA) is 198 Å². The number of nitrogen functional groups attached to an aromatic ring is 1. The predicted molar refractivity (Wildman–Crippen MR) is 181 cm³/mol. The van der Waals surface area contributed by atoms with Gasteiger partial charge in [0.05, 0.1) is 18.6 Å². The number of phosphoric acid groups is 1. The maximum Gasteiger partial charge on any atom is 1.00 e. The first-order valence-electron chi connectivity index (χ1n) is 15.4. The Kier molecular flexibility index (Phi) is 17.4. The molecule has 0 aliphatic carbocycles. The first-order chi connectivity index (χ1) is 22.7. The van der Waals surface area contributed by atoms with Crippen molar-refractivity contribution in [3.05, 3.63) is 96.1 Å². The largest absolute Gasteiger partial charge is 1.00 e. The minimum Gasteiger partial charge on any atom is -0.453 e. The maximum atomic E-state index is 13.7. The number of amides is 2. The summed E-state index contributed by atoms with van der Waals surface area (Å²) in [5, 5.41) is 5.53. The van der Waals surface area contributed by atoms with Crippen LogP contribution >= 0.6 is 7.82 Å². The third-order valence-electron chi connectivity index (χ3n) is 7.46. The predicted octanol–water partition coefficient (Wildman–Crippen LogP) is 1.04. The third kappa shape index (κ3) is 13.5. The number of methoxy groups -OCH3 is 1. The van der Waals surface area contributed by atoms with Gasteiger partial charge in [0.1, 0.15) is 6.04 Å². The van der Waals surface area contributed by atoms with Crippen molar-refractivity contribution in [2.45, 2.75) is 56.0 Å². The van der Waals surface area contributed by atoms with Crippen LogP contribution in [0.2, 0.25) is 0 Å². The van der Waals surface area contributed by atoms with Crippen molar-refractivity contribution in [2.24, 2.45) is 5.92 Å². The van der Waals surface area contributed by atoms with Crippen molar-refractivity contribution in [1.29, 1.82) is 0 Å². The maximum absolute atomic E-state index is 13.7. The van der Waals surface area contributed by atoms with E-state index in [-0.39, 0.29) is 59.9 Å². The zero-order valence-corrected chi connectivity index (χ0v) is 31.9. The van der Waals surface area contributed by atoms with Crippen molar-refractivity contribution in [2.75, 3.05) is 32.5 Å². The molecule has 3 atom stereocenters. The summed E-state index contributed by atoms with van der Waals surface area (Å²) in [5.41, 5.74) is 7.67. The Labute approximate surface area is 310 Å². The fourth-order valence-corrected chi connectivity index (χ4v) is 7.39. The van der Waals surface area contributed by atoms with E-state index in [2.05, 4.69) is 16.7 Å². The van der Waals surface area contributed by atoms with E-state index in [1.807, 2.05) is 50.2 Å². The molecule has 0 aromatic heterocycles. The normalized spacial score (nSPS) is 13.6. The molecule has 3 aromatic rings. The van der Waals surface area contributed by atoms with Crippen LogP contribution in [-0.4, -0.2) is 73.4 Å². The van der Waals surface area contributed by atoms with Crippen LogP contribution in [0.5, 0.6) is 0 Å². The van der Waals surface area contributed by atoms with Gasteiger partial charge < -0.3 is 30.9 Å². The summed E-state index contributed by atoms with van der Waals surface area (Å²) < 4.78 is 49.9. The zero-order chi connectivity index (χ0) is 35.3. The number of carbonyl (C=O) groups excluding carboxylic acids is 2. The number of anilines is 1. The van der Waals surface area contributed by atoms with Gasteiger partial charge in [-0.3, -0.25) is 9.32 Å². The SMILES string of the molecule is COC(=O)N[C@H](C(=O)NCCCC[C@@H](COP(=O)(O)O)N(CC(C)C)S(=O)(=O)c1ccc(N)cc1)C(c1c[c-]ccc1)c1ccccc1.[Na+]. The molecule has 0 saturated heterocycles. The average molecular weight is 727 g/mol. The van der Waals surface area contributed by atoms with Crippen LogP contribution in [0.15, 0.2) is 83.8 Å². The fraction of sp³-hybridized carbons (Fsp3) is 0.394. The van der Waals surface area contributed by atoms with Crippen molar-refractivity contribution in [3.8, 4) is 0 Å². The van der Waals surface area contributed by atoms with E-state index in [9.17, 15) is 32.4 Å². The molecular weight excluding hydrogens is 682 g/mol. The minimum absolute atomic E-state index is 0. The van der Waals surface area contributed by atoms with Crippen molar-refractivity contribution in [3.63, 3.8) is 0 Å². The third-order valence-corrected chi connectivity index (χ3v) is 9.88. The van der Waals surface area contributed by atoms with E-state index in [0.29, 0.717) is 18.5 Å². The molecular formula is C33H44N4NaO9PS. The number of hydrogen-bond acceptors (Lipinski definition) is 8. The molecule has 3 rings (SSSR count). The summed E-state index contributed by atoms with van der Waals surface area (Å²) in [4.78, 5) is 44.8. The number of nitrogens with one attached hydrogen (secondary N) is 2. The van der Waals surface area contributed by atoms with Gasteiger partial charge >= 0.3 is 43.5 Å². The number of phosphoric ester groups is 1. The van der Waals surface area contributed by atoms with Gasteiger partial charge in [0.2, 0.25) is 15.9 Å². The average Bonchev–Trinajstić information content (AvgIpc) is 3.05. The summed E-state index contributed by atoms with van der Waals surface area (Å²) in [6, 6.07) is 23.1. The zero-order valence-electron chi connectivity index (χ0n) is 28.2. The van der Waals surface area contributed by atoms with E-state index in [1.54, 1.807) is 18.2 Å². The summed E-state index contributed by atoms with van der Waals surface area (Å²) in [7, 11) is -7.80. The van der Waals surface area contributed by atoms with Gasteiger partial charge in [-0.25, -0.2) is 17.8 Å². The number of hydrogen-bond donors (Lipinski definition) is 5. The second-order valence-electron chi connectivity index (χ2n) is 11.6. The standard InChI is InChI=1S/C33H44N4O9PS.Na/c1-24(2)22-37(48(43,44)29-19-17-27(34)18-20-29)28(23-46-47(40,41)42)16-10-11-21-35-32(38)31(36-33(39)45-3)30(25-12-6-4-7-13-25)26-14-8-5-9-15-26;/h4-8,12-15,17-20,24,28,30-31H,10-11,16,21-23,34H2,1-3H3,(H,35,38)(H,36,39)(H2,40,41,42);/q-1;+1/t28-,30?,31-;/m0./s1. The molecule has 0 fully saturated rings. The molecule has 2 amide bonds. The van der Waals surface area contributed by atoms with Crippen LogP contribution in [0.25, 0.3) is 0 Å². The summed E-state index contributed by atoms with van der Waals surface area (Å²) in [5.74, 6) is -1.16. The molecule has 0 aliphatic heterocycles. The molecule has 0 bridgehead atoms. The Hall–Kier alpha value is -2.78. The van der Waals surface area contributed by atoms with Crippen molar-refractivity contribution in [1.82, 2.24) is 14.9 Å². The van der Waals surface area contributed by atoms with Crippen LogP contribution in [0.1, 0.15) is 50.2 Å². The molecule has 6 N–H and O–H groups in total. The molecule has 0 heterocycles. The van der Waals surface area contributed by atoms with Crippen LogP contribution in [0.4, 0.5) is 10.5 Å². The molecule has 13 nitrogen and oxygen atoms in total. The first kappa shape index (κ1) is 42.4. The molecule has 262 valence electrons. The van der Waals surface area contributed by atoms with Crippen molar-refractivity contribution >= 4 is 35.5 Å². The van der Waals surface area contributed by atoms with E-state index < -0.39 is 54.5 Å². The Morgan fingerprint density at radius 2 is 1.65 bits per heavy atom. The van der Waals surface area contributed by atoms with Gasteiger partial charge in [-0.15, -0.1) is 5.56 Å². The monoisotopic (exact) mass is 726 g/mol. The Bertz CT molecular complexity index is 1570. The Morgan fingerprint density at radius 1 is 1.00 bits per heavy atom. The van der Waals surface area contributed by atoms with Gasteiger partial charge in [0.25, 0.3) is 0 Å². The first-order valence-corrected chi connectivity index (χ1v) is 18.4. The number of rotatable bonds is 18. The van der Waals surface area contributed by atoms with Gasteiger partial charge in [-0.05, 0) is 54.5 Å². The van der Waals surface area contributed by atoms with Gasteiger partial charge in [0, 0.05) is 24.8 Å². The number of carbonyl (C=O) groups is 2. The van der Waals surface area contributed by atoms with E-state index in [0.717, 1.165) is 11.1 Å². The van der Waals surface area contributed by atoms with Gasteiger partial charge in [0.15, 0.2) is 0 Å².